The highest BCUT2D eigenvalue weighted by molar-refractivity contribution is 6.34. The molecule has 1 rings (SSSR count). The van der Waals surface area contributed by atoms with Crippen LogP contribution in [-0.4, -0.2) is 22.9 Å². The summed E-state index contributed by atoms with van der Waals surface area (Å²) in [6, 6.07) is 0. The van der Waals surface area contributed by atoms with Crippen LogP contribution in [0.2, 0.25) is 5.02 Å². The largest absolute Gasteiger partial charge is 0.464 e. The fourth-order valence-electron chi connectivity index (χ4n) is 1.37. The van der Waals surface area contributed by atoms with Gasteiger partial charge in [-0.2, -0.15) is 5.10 Å². The number of aromatic nitrogens is 2. The Morgan fingerprint density at radius 3 is 2.50 bits per heavy atom. The molecule has 1 aromatic rings. The van der Waals surface area contributed by atoms with Crippen LogP contribution in [0.1, 0.15) is 35.9 Å². The molecule has 5 heteroatoms. The van der Waals surface area contributed by atoms with Crippen LogP contribution in [0.4, 0.5) is 0 Å². The molecule has 0 atom stereocenters. The number of hydrogen-bond acceptors (Lipinski definition) is 3. The van der Waals surface area contributed by atoms with Crippen molar-refractivity contribution in [2.75, 3.05) is 7.11 Å². The van der Waals surface area contributed by atoms with Crippen LogP contribution in [0.25, 0.3) is 0 Å². The number of esters is 1. The second kappa shape index (κ2) is 4.00. The minimum absolute atomic E-state index is 0.181. The van der Waals surface area contributed by atoms with Crippen LogP contribution in [0.3, 0.4) is 0 Å². The first-order valence-corrected chi connectivity index (χ1v) is 4.67. The summed E-state index contributed by atoms with van der Waals surface area (Å²) >= 11 is 6.01. The molecule has 0 N–H and O–H groups in total. The van der Waals surface area contributed by atoms with Crippen molar-refractivity contribution in [1.82, 2.24) is 9.78 Å². The molecule has 0 aliphatic rings. The fraction of sp³-hybridized carbons (Fsp3) is 0.556. The van der Waals surface area contributed by atoms with E-state index in [4.69, 9.17) is 11.6 Å². The number of halogens is 1. The highest BCUT2D eigenvalue weighted by atomic mass is 35.5. The van der Waals surface area contributed by atoms with E-state index in [-0.39, 0.29) is 11.6 Å². The smallest absolute Gasteiger partial charge is 0.360 e. The average Bonchev–Trinajstić information content (AvgIpc) is 2.40. The summed E-state index contributed by atoms with van der Waals surface area (Å²) in [5.74, 6) is -0.282. The lowest BCUT2D eigenvalue weighted by atomic mass is 10.1. The van der Waals surface area contributed by atoms with Gasteiger partial charge >= 0.3 is 5.97 Å². The number of carbonyl (C=O) groups is 1. The fourth-order valence-corrected chi connectivity index (χ4v) is 1.82. The van der Waals surface area contributed by atoms with Crippen LogP contribution in [0, 0.1) is 0 Å². The highest BCUT2D eigenvalue weighted by Crippen LogP contribution is 2.27. The van der Waals surface area contributed by atoms with E-state index in [0.717, 1.165) is 5.69 Å². The Labute approximate surface area is 87.8 Å². The van der Waals surface area contributed by atoms with Crippen LogP contribution < -0.4 is 0 Å². The maximum Gasteiger partial charge on any atom is 0.360 e. The molecule has 78 valence electrons. The molecular weight excluding hydrogens is 204 g/mol. The average molecular weight is 217 g/mol. The van der Waals surface area contributed by atoms with Gasteiger partial charge in [0, 0.05) is 7.05 Å². The van der Waals surface area contributed by atoms with Crippen molar-refractivity contribution in [2.45, 2.75) is 19.8 Å². The van der Waals surface area contributed by atoms with E-state index in [1.807, 2.05) is 13.8 Å². The van der Waals surface area contributed by atoms with Crippen molar-refractivity contribution >= 4 is 17.6 Å². The van der Waals surface area contributed by atoms with Crippen molar-refractivity contribution in [3.05, 3.63) is 16.4 Å². The van der Waals surface area contributed by atoms with Gasteiger partial charge in [0.2, 0.25) is 0 Å². The first kappa shape index (κ1) is 11.0. The van der Waals surface area contributed by atoms with E-state index < -0.39 is 5.97 Å². The number of ether oxygens (including phenoxy) is 1. The molecule has 0 saturated heterocycles. The van der Waals surface area contributed by atoms with Gasteiger partial charge in [-0.05, 0) is 5.92 Å². The molecule has 0 aliphatic heterocycles. The number of rotatable bonds is 2. The topological polar surface area (TPSA) is 44.1 Å². The molecule has 14 heavy (non-hydrogen) atoms. The zero-order valence-corrected chi connectivity index (χ0v) is 9.42. The van der Waals surface area contributed by atoms with Crippen LogP contribution in [0.5, 0.6) is 0 Å². The van der Waals surface area contributed by atoms with Gasteiger partial charge in [-0.1, -0.05) is 25.4 Å². The minimum atomic E-state index is -0.502. The number of aryl methyl sites for hydroxylation is 1. The van der Waals surface area contributed by atoms with Gasteiger partial charge in [-0.15, -0.1) is 0 Å². The molecule has 4 nitrogen and oxygen atoms in total. The van der Waals surface area contributed by atoms with Crippen LogP contribution in [0.15, 0.2) is 0 Å². The van der Waals surface area contributed by atoms with E-state index in [0.29, 0.717) is 5.02 Å². The van der Waals surface area contributed by atoms with Crippen LogP contribution >= 0.6 is 11.6 Å². The summed E-state index contributed by atoms with van der Waals surface area (Å²) in [7, 11) is 3.07. The molecule has 0 unspecified atom stereocenters. The minimum Gasteiger partial charge on any atom is -0.464 e. The summed E-state index contributed by atoms with van der Waals surface area (Å²) in [6.45, 7) is 3.98. The Bertz CT molecular complexity index is 358. The molecule has 0 fully saturated rings. The maximum atomic E-state index is 11.2. The molecule has 0 aliphatic carbocycles. The maximum absolute atomic E-state index is 11.2. The Balaban J connectivity index is 3.23. The predicted octanol–water partition coefficient (Wildman–Crippen LogP) is 1.98. The lowest BCUT2D eigenvalue weighted by Crippen LogP contribution is -2.03. The molecule has 0 bridgehead atoms. The number of nitrogens with zero attached hydrogens (tertiary/aromatic N) is 2. The highest BCUT2D eigenvalue weighted by Gasteiger charge is 2.22. The van der Waals surface area contributed by atoms with Crippen molar-refractivity contribution in [1.29, 1.82) is 0 Å². The Morgan fingerprint density at radius 1 is 1.57 bits per heavy atom. The normalized spacial score (nSPS) is 10.7. The van der Waals surface area contributed by atoms with E-state index in [2.05, 4.69) is 9.84 Å². The Morgan fingerprint density at radius 2 is 2.14 bits per heavy atom. The van der Waals surface area contributed by atoms with Gasteiger partial charge in [-0.25, -0.2) is 4.79 Å². The second-order valence-corrected chi connectivity index (χ2v) is 3.70. The van der Waals surface area contributed by atoms with E-state index in [1.54, 1.807) is 11.7 Å². The number of hydrogen-bond donors (Lipinski definition) is 0. The lowest BCUT2D eigenvalue weighted by molar-refractivity contribution is 0.0593. The molecule has 0 spiro atoms. The van der Waals surface area contributed by atoms with Gasteiger partial charge < -0.3 is 4.74 Å². The third-order valence-corrected chi connectivity index (χ3v) is 2.33. The number of methoxy groups -OCH3 is 1. The van der Waals surface area contributed by atoms with Gasteiger partial charge in [0.25, 0.3) is 0 Å². The van der Waals surface area contributed by atoms with Crippen molar-refractivity contribution in [3.63, 3.8) is 0 Å². The predicted molar refractivity (Wildman–Crippen MR) is 53.6 cm³/mol. The van der Waals surface area contributed by atoms with E-state index in [9.17, 15) is 4.79 Å². The molecule has 1 heterocycles. The third kappa shape index (κ3) is 1.75. The standard InChI is InChI=1S/C9H13ClN2O2/c1-5(2)8-6(10)7(9(13)14-4)11-12(8)3/h5H,1-4H3. The van der Waals surface area contributed by atoms with Crippen molar-refractivity contribution < 1.29 is 9.53 Å². The zero-order chi connectivity index (χ0) is 10.9. The summed E-state index contributed by atoms with van der Waals surface area (Å²) in [6.07, 6.45) is 0. The lowest BCUT2D eigenvalue weighted by Gasteiger charge is -2.04. The quantitative estimate of drug-likeness (QED) is 0.711. The van der Waals surface area contributed by atoms with E-state index in [1.165, 1.54) is 7.11 Å². The van der Waals surface area contributed by atoms with Gasteiger partial charge in [-0.3, -0.25) is 4.68 Å². The third-order valence-electron chi connectivity index (χ3n) is 1.96. The number of carbonyl (C=O) groups excluding carboxylic acids is 1. The summed E-state index contributed by atoms with van der Waals surface area (Å²) in [5.41, 5.74) is 1.02. The van der Waals surface area contributed by atoms with Gasteiger partial charge in [0.1, 0.15) is 0 Å². The van der Waals surface area contributed by atoms with Crippen LogP contribution in [-0.2, 0) is 11.8 Å². The summed E-state index contributed by atoms with van der Waals surface area (Å²) in [4.78, 5) is 11.2. The first-order chi connectivity index (χ1) is 6.49. The Kier molecular flexibility index (Phi) is 3.16. The molecule has 0 aromatic carbocycles. The van der Waals surface area contributed by atoms with Crippen molar-refractivity contribution in [2.24, 2.45) is 7.05 Å². The van der Waals surface area contributed by atoms with Crippen molar-refractivity contribution in [3.8, 4) is 0 Å². The summed E-state index contributed by atoms with van der Waals surface area (Å²) < 4.78 is 6.18. The van der Waals surface area contributed by atoms with Gasteiger partial charge in [0.05, 0.1) is 17.8 Å². The SMILES string of the molecule is COC(=O)c1nn(C)c(C(C)C)c1Cl. The molecule has 1 aromatic heterocycles. The van der Waals surface area contributed by atoms with Gasteiger partial charge in [0.15, 0.2) is 5.69 Å². The molecule has 0 saturated carbocycles. The second-order valence-electron chi connectivity index (χ2n) is 3.32. The first-order valence-electron chi connectivity index (χ1n) is 4.29. The Hall–Kier alpha value is -1.03. The zero-order valence-electron chi connectivity index (χ0n) is 8.67. The van der Waals surface area contributed by atoms with E-state index >= 15 is 0 Å². The summed E-state index contributed by atoms with van der Waals surface area (Å²) in [5, 5.41) is 4.40. The molecular formula is C9H13ClN2O2. The molecule has 0 amide bonds. The molecule has 0 radical (unpaired) electrons. The monoisotopic (exact) mass is 216 g/mol.